The molecule has 0 aliphatic heterocycles. The van der Waals surface area contributed by atoms with Gasteiger partial charge >= 0.3 is 0 Å². The molecule has 1 unspecified atom stereocenters. The van der Waals surface area contributed by atoms with E-state index in [1.165, 1.54) is 16.8 Å². The number of benzene rings is 1. The molecule has 0 aliphatic carbocycles. The van der Waals surface area contributed by atoms with Crippen LogP contribution in [0, 0.1) is 13.8 Å². The maximum atomic E-state index is 5.05. The van der Waals surface area contributed by atoms with Gasteiger partial charge in [-0.25, -0.2) is 0 Å². The lowest BCUT2D eigenvalue weighted by Crippen LogP contribution is -2.17. The Labute approximate surface area is 92.6 Å². The van der Waals surface area contributed by atoms with Crippen LogP contribution in [0.3, 0.4) is 0 Å². The molecule has 15 heavy (non-hydrogen) atoms. The fraction of sp³-hybridized carbons (Fsp3) is 0.538. The summed E-state index contributed by atoms with van der Waals surface area (Å²) < 4.78 is 5.05. The third-order valence-corrected chi connectivity index (χ3v) is 2.67. The summed E-state index contributed by atoms with van der Waals surface area (Å²) in [6, 6.07) is 6.93. The average Bonchev–Trinajstić information content (AvgIpc) is 2.20. The van der Waals surface area contributed by atoms with Gasteiger partial charge in [-0.2, -0.15) is 0 Å². The van der Waals surface area contributed by atoms with Crippen LogP contribution in [0.25, 0.3) is 0 Å². The summed E-state index contributed by atoms with van der Waals surface area (Å²) in [7, 11) is 1.74. The second kappa shape index (κ2) is 5.76. The number of hydrogen-bond acceptors (Lipinski definition) is 2. The van der Waals surface area contributed by atoms with Crippen molar-refractivity contribution in [2.45, 2.75) is 33.2 Å². The van der Waals surface area contributed by atoms with Crippen LogP contribution in [0.15, 0.2) is 18.2 Å². The van der Waals surface area contributed by atoms with E-state index in [2.05, 4.69) is 44.3 Å². The molecule has 0 aliphatic rings. The fourth-order valence-electron chi connectivity index (χ4n) is 1.48. The maximum Gasteiger partial charge on any atom is 0.0481 e. The Balaban J connectivity index is 2.53. The number of methoxy groups -OCH3 is 1. The molecular weight excluding hydrogens is 186 g/mol. The largest absolute Gasteiger partial charge is 0.385 e. The second-order valence-corrected chi connectivity index (χ2v) is 4.13. The maximum absolute atomic E-state index is 5.05. The molecule has 1 aromatic carbocycles. The highest BCUT2D eigenvalue weighted by Gasteiger charge is 2.02. The summed E-state index contributed by atoms with van der Waals surface area (Å²) in [4.78, 5) is 0. The van der Waals surface area contributed by atoms with Gasteiger partial charge in [-0.1, -0.05) is 6.07 Å². The van der Waals surface area contributed by atoms with Crippen molar-refractivity contribution < 1.29 is 4.74 Å². The Morgan fingerprint density at radius 2 is 2.00 bits per heavy atom. The van der Waals surface area contributed by atoms with Gasteiger partial charge < -0.3 is 10.1 Å². The van der Waals surface area contributed by atoms with Gasteiger partial charge in [0.15, 0.2) is 0 Å². The summed E-state index contributed by atoms with van der Waals surface area (Å²) in [5.41, 5.74) is 3.87. The predicted molar refractivity (Wildman–Crippen MR) is 65.5 cm³/mol. The molecule has 0 fully saturated rings. The highest BCUT2D eigenvalue weighted by atomic mass is 16.5. The first-order chi connectivity index (χ1) is 7.13. The quantitative estimate of drug-likeness (QED) is 0.801. The summed E-state index contributed by atoms with van der Waals surface area (Å²) in [5, 5.41) is 3.46. The van der Waals surface area contributed by atoms with Crippen LogP contribution in [0.4, 0.5) is 5.69 Å². The van der Waals surface area contributed by atoms with Crippen LogP contribution in [-0.2, 0) is 4.74 Å². The molecule has 1 atom stereocenters. The van der Waals surface area contributed by atoms with E-state index in [-0.39, 0.29) is 0 Å². The highest BCUT2D eigenvalue weighted by Crippen LogP contribution is 2.15. The summed E-state index contributed by atoms with van der Waals surface area (Å²) in [6.07, 6.45) is 1.03. The van der Waals surface area contributed by atoms with Gasteiger partial charge in [0.05, 0.1) is 0 Å². The molecule has 0 radical (unpaired) electrons. The monoisotopic (exact) mass is 207 g/mol. The summed E-state index contributed by atoms with van der Waals surface area (Å²) >= 11 is 0. The number of rotatable bonds is 5. The molecule has 0 aromatic heterocycles. The normalized spacial score (nSPS) is 12.5. The van der Waals surface area contributed by atoms with Crippen molar-refractivity contribution in [1.82, 2.24) is 0 Å². The number of anilines is 1. The van der Waals surface area contributed by atoms with E-state index in [0.717, 1.165) is 13.0 Å². The first-order valence-electron chi connectivity index (χ1n) is 5.46. The molecule has 0 saturated carbocycles. The molecular formula is C13H21NO. The van der Waals surface area contributed by atoms with E-state index in [0.29, 0.717) is 6.04 Å². The molecule has 0 spiro atoms. The van der Waals surface area contributed by atoms with Gasteiger partial charge in [0, 0.05) is 25.4 Å². The van der Waals surface area contributed by atoms with Crippen LogP contribution >= 0.6 is 0 Å². The van der Waals surface area contributed by atoms with Gasteiger partial charge in [0.25, 0.3) is 0 Å². The van der Waals surface area contributed by atoms with Crippen molar-refractivity contribution in [2.75, 3.05) is 19.0 Å². The first kappa shape index (κ1) is 12.1. The Kier molecular flexibility index (Phi) is 4.63. The first-order valence-corrected chi connectivity index (χ1v) is 5.46. The minimum Gasteiger partial charge on any atom is -0.385 e. The lowest BCUT2D eigenvalue weighted by Gasteiger charge is -2.15. The summed E-state index contributed by atoms with van der Waals surface area (Å²) in [5.74, 6) is 0. The average molecular weight is 207 g/mol. The van der Waals surface area contributed by atoms with Crippen LogP contribution < -0.4 is 5.32 Å². The molecule has 0 saturated heterocycles. The molecule has 84 valence electrons. The molecule has 0 amide bonds. The van der Waals surface area contributed by atoms with Crippen molar-refractivity contribution in [3.8, 4) is 0 Å². The van der Waals surface area contributed by atoms with Crippen molar-refractivity contribution in [3.63, 3.8) is 0 Å². The zero-order valence-corrected chi connectivity index (χ0v) is 10.1. The predicted octanol–water partition coefficient (Wildman–Crippen LogP) is 3.14. The van der Waals surface area contributed by atoms with E-state index in [1.54, 1.807) is 7.11 Å². The Morgan fingerprint density at radius 1 is 1.27 bits per heavy atom. The summed E-state index contributed by atoms with van der Waals surface area (Å²) in [6.45, 7) is 7.25. The van der Waals surface area contributed by atoms with E-state index < -0.39 is 0 Å². The van der Waals surface area contributed by atoms with E-state index in [9.17, 15) is 0 Å². The van der Waals surface area contributed by atoms with E-state index in [4.69, 9.17) is 4.74 Å². The van der Waals surface area contributed by atoms with E-state index >= 15 is 0 Å². The van der Waals surface area contributed by atoms with Gasteiger partial charge in [0.1, 0.15) is 0 Å². The Morgan fingerprint density at radius 3 is 2.60 bits per heavy atom. The zero-order valence-electron chi connectivity index (χ0n) is 10.1. The Hall–Kier alpha value is -1.02. The third kappa shape index (κ3) is 3.92. The molecule has 0 heterocycles. The lowest BCUT2D eigenvalue weighted by molar-refractivity contribution is 0.191. The van der Waals surface area contributed by atoms with Crippen molar-refractivity contribution in [1.29, 1.82) is 0 Å². The second-order valence-electron chi connectivity index (χ2n) is 4.13. The van der Waals surface area contributed by atoms with Gasteiger partial charge in [-0.15, -0.1) is 0 Å². The zero-order chi connectivity index (χ0) is 11.3. The van der Waals surface area contributed by atoms with Crippen molar-refractivity contribution in [3.05, 3.63) is 29.3 Å². The minimum atomic E-state index is 0.451. The number of ether oxygens (including phenoxy) is 1. The smallest absolute Gasteiger partial charge is 0.0481 e. The molecule has 0 bridgehead atoms. The van der Waals surface area contributed by atoms with Gasteiger partial charge in [-0.05, 0) is 50.5 Å². The molecule has 1 rings (SSSR count). The van der Waals surface area contributed by atoms with Crippen LogP contribution in [-0.4, -0.2) is 19.8 Å². The third-order valence-electron chi connectivity index (χ3n) is 2.67. The number of hydrogen-bond donors (Lipinski definition) is 1. The minimum absolute atomic E-state index is 0.451. The lowest BCUT2D eigenvalue weighted by atomic mass is 10.1. The molecule has 1 aromatic rings. The van der Waals surface area contributed by atoms with E-state index in [1.807, 2.05) is 0 Å². The van der Waals surface area contributed by atoms with Crippen LogP contribution in [0.1, 0.15) is 24.5 Å². The fourth-order valence-corrected chi connectivity index (χ4v) is 1.48. The molecule has 1 N–H and O–H groups in total. The van der Waals surface area contributed by atoms with Crippen molar-refractivity contribution in [2.24, 2.45) is 0 Å². The number of nitrogens with one attached hydrogen (secondary N) is 1. The topological polar surface area (TPSA) is 21.3 Å². The molecule has 2 heteroatoms. The Bertz CT molecular complexity index is 309. The highest BCUT2D eigenvalue weighted by molar-refractivity contribution is 5.48. The van der Waals surface area contributed by atoms with Crippen LogP contribution in [0.2, 0.25) is 0 Å². The van der Waals surface area contributed by atoms with Crippen LogP contribution in [0.5, 0.6) is 0 Å². The molecule has 2 nitrogen and oxygen atoms in total. The SMILES string of the molecule is COCCC(C)Nc1ccc(C)c(C)c1. The van der Waals surface area contributed by atoms with Gasteiger partial charge in [0.2, 0.25) is 0 Å². The number of aryl methyl sites for hydroxylation is 2. The van der Waals surface area contributed by atoms with Crippen molar-refractivity contribution >= 4 is 5.69 Å². The van der Waals surface area contributed by atoms with Gasteiger partial charge in [-0.3, -0.25) is 0 Å². The standard InChI is InChI=1S/C13H21NO/c1-10-5-6-13(9-11(10)2)14-12(3)7-8-15-4/h5-6,9,12,14H,7-8H2,1-4H3.